The van der Waals surface area contributed by atoms with E-state index in [1.807, 2.05) is 57.2 Å². The molecule has 60 heavy (non-hydrogen) atoms. The van der Waals surface area contributed by atoms with Crippen LogP contribution < -0.4 is 4.90 Å². The zero-order valence-corrected chi connectivity index (χ0v) is 36.8. The normalized spacial score (nSPS) is 20.3. The van der Waals surface area contributed by atoms with E-state index in [0.717, 1.165) is 65.4 Å². The first kappa shape index (κ1) is 46.9. The molecule has 0 bridgehead atoms. The molecule has 2 N–H and O–H groups in total. The second-order valence-corrected chi connectivity index (χ2v) is 17.7. The fourth-order valence-electron chi connectivity index (χ4n) is 8.07. The van der Waals surface area contributed by atoms with E-state index < -0.39 is 11.6 Å². The number of benzene rings is 1. The van der Waals surface area contributed by atoms with Crippen molar-refractivity contribution in [2.24, 2.45) is 11.3 Å². The Morgan fingerprint density at radius 2 is 1.72 bits per heavy atom. The highest BCUT2D eigenvalue weighted by Crippen LogP contribution is 2.49. The first-order valence-corrected chi connectivity index (χ1v) is 21.1. The number of carboxylic acids is 1. The summed E-state index contributed by atoms with van der Waals surface area (Å²) >= 11 is 0. The molecule has 3 aliphatic rings. The van der Waals surface area contributed by atoms with Crippen molar-refractivity contribution in [2.45, 2.75) is 124 Å². The lowest BCUT2D eigenvalue weighted by molar-refractivity contribution is -0.137. The summed E-state index contributed by atoms with van der Waals surface area (Å²) in [6, 6.07) is 14.5. The first-order chi connectivity index (χ1) is 28.5. The zero-order chi connectivity index (χ0) is 44.3. The van der Waals surface area contributed by atoms with E-state index >= 15 is 0 Å². The van der Waals surface area contributed by atoms with Gasteiger partial charge in [0.2, 0.25) is 0 Å². The summed E-state index contributed by atoms with van der Waals surface area (Å²) in [7, 11) is 0. The van der Waals surface area contributed by atoms with E-state index in [2.05, 4.69) is 88.6 Å². The molecular formula is C51H62N4O5. The molecule has 9 nitrogen and oxygen atoms in total. The van der Waals surface area contributed by atoms with Gasteiger partial charge in [-0.1, -0.05) is 103 Å². The van der Waals surface area contributed by atoms with E-state index in [-0.39, 0.29) is 46.7 Å². The highest BCUT2D eigenvalue weighted by Gasteiger charge is 2.41. The van der Waals surface area contributed by atoms with Crippen LogP contribution in [0.5, 0.6) is 0 Å². The predicted molar refractivity (Wildman–Crippen MR) is 238 cm³/mol. The van der Waals surface area contributed by atoms with Crippen molar-refractivity contribution in [3.63, 3.8) is 0 Å². The summed E-state index contributed by atoms with van der Waals surface area (Å²) in [5.41, 5.74) is 5.64. The number of hydrogen-bond donors (Lipinski definition) is 2. The third kappa shape index (κ3) is 11.1. The molecular weight excluding hydrogens is 749 g/mol. The second-order valence-electron chi connectivity index (χ2n) is 17.7. The van der Waals surface area contributed by atoms with E-state index in [0.29, 0.717) is 37.7 Å². The smallest absolute Gasteiger partial charge is 0.303 e. The van der Waals surface area contributed by atoms with Crippen LogP contribution in [0, 0.1) is 45.3 Å². The average molecular weight is 811 g/mol. The molecule has 0 aromatic heterocycles. The predicted octanol–water partition coefficient (Wildman–Crippen LogP) is 11.6. The number of anilines is 1. The van der Waals surface area contributed by atoms with Gasteiger partial charge in [0.25, 0.3) is 0 Å². The van der Waals surface area contributed by atoms with Gasteiger partial charge in [-0.15, -0.1) is 0 Å². The highest BCUT2D eigenvalue weighted by atomic mass is 16.5. The summed E-state index contributed by atoms with van der Waals surface area (Å²) in [5.74, 6) is 0.935. The summed E-state index contributed by atoms with van der Waals surface area (Å²) < 4.78 is 13.1. The van der Waals surface area contributed by atoms with Crippen molar-refractivity contribution >= 4 is 11.7 Å². The van der Waals surface area contributed by atoms with Gasteiger partial charge in [-0.2, -0.15) is 15.8 Å². The van der Waals surface area contributed by atoms with Crippen LogP contribution in [0.1, 0.15) is 119 Å². The average Bonchev–Trinajstić information content (AvgIpc) is 3.59. The number of unbranched alkanes of at least 4 members (excludes halogenated alkanes) is 2. The standard InChI is InChI=1S/C51H62N4O5/c1-10-35(18-17-29-56)22-25-40(11-2)59-47-36(23-26-42-41(34-54)48(38(32-52)33-53)60-51(42,8)9)30-39(49(3,4)5)31-37(47)24-27-45-50(6,7)43-19-14-15-20-44(43)55(45)28-16-12-13-21-46(57)58/h10,14-15,19-20,22-27,39,56H,1,11-13,16-18,21,28-31H2,2-9H3,(H,57,58)/b26-23+,35-22+,37-24+,40-25+,45-27+. The number of hydrogen-bond acceptors (Lipinski definition) is 8. The fraction of sp³-hybridized carbons (Fsp3) is 0.451. The van der Waals surface area contributed by atoms with Crippen LogP contribution in [0.3, 0.4) is 0 Å². The number of rotatable bonds is 17. The fourth-order valence-corrected chi connectivity index (χ4v) is 8.07. The Balaban J connectivity index is 1.97. The Bertz CT molecular complexity index is 2180. The molecule has 0 spiro atoms. The molecule has 1 unspecified atom stereocenters. The number of allylic oxidation sites excluding steroid dienone is 13. The van der Waals surface area contributed by atoms with E-state index in [1.54, 1.807) is 6.08 Å². The molecule has 0 amide bonds. The minimum atomic E-state index is -0.978. The molecule has 1 atom stereocenters. The summed E-state index contributed by atoms with van der Waals surface area (Å²) in [5, 5.41) is 48.3. The number of carboxylic acid groups (broad SMARTS) is 1. The van der Waals surface area contributed by atoms with Gasteiger partial charge in [0.1, 0.15) is 40.9 Å². The molecule has 1 aromatic rings. The maximum absolute atomic E-state index is 11.2. The number of fused-ring (bicyclic) bond motifs is 1. The van der Waals surface area contributed by atoms with Crippen LogP contribution in [0.25, 0.3) is 0 Å². The molecule has 9 heteroatoms. The number of aliphatic hydroxyl groups is 1. The Morgan fingerprint density at radius 3 is 2.33 bits per heavy atom. The molecule has 1 aliphatic carbocycles. The quantitative estimate of drug-likeness (QED) is 0.0678. The van der Waals surface area contributed by atoms with Gasteiger partial charge in [0, 0.05) is 48.4 Å². The molecule has 0 saturated carbocycles. The van der Waals surface area contributed by atoms with Crippen molar-refractivity contribution in [1.82, 2.24) is 0 Å². The van der Waals surface area contributed by atoms with Crippen LogP contribution >= 0.6 is 0 Å². The monoisotopic (exact) mass is 810 g/mol. The van der Waals surface area contributed by atoms with E-state index in [4.69, 9.17) is 9.47 Å². The number of aliphatic hydroxyl groups excluding tert-OH is 1. The SMILES string of the molecule is C=C/C(=C\C=C(/CC)OC1=C(/C=C/C2=C(C#N)C(=C(C#N)C#N)OC2(C)C)CC(C(C)(C)C)C/C1=C\C=C1\N(CCCCCC(=O)O)c2ccccc2C1(C)C)CCCO. The van der Waals surface area contributed by atoms with Gasteiger partial charge < -0.3 is 24.6 Å². The van der Waals surface area contributed by atoms with Gasteiger partial charge in [-0.05, 0) is 104 Å². The molecule has 4 rings (SSSR count). The lowest BCUT2D eigenvalue weighted by atomic mass is 9.70. The number of para-hydroxylation sites is 1. The van der Waals surface area contributed by atoms with Gasteiger partial charge in [0.15, 0.2) is 11.3 Å². The van der Waals surface area contributed by atoms with Crippen LogP contribution in [0.4, 0.5) is 5.69 Å². The Labute approximate surface area is 358 Å². The van der Waals surface area contributed by atoms with Gasteiger partial charge in [-0.3, -0.25) is 4.79 Å². The van der Waals surface area contributed by atoms with E-state index in [1.165, 1.54) is 5.56 Å². The number of nitriles is 3. The number of carbonyl (C=O) groups is 1. The minimum Gasteiger partial charge on any atom is -0.481 e. The van der Waals surface area contributed by atoms with Crippen LogP contribution in [-0.4, -0.2) is 34.9 Å². The topological polar surface area (TPSA) is 151 Å². The summed E-state index contributed by atoms with van der Waals surface area (Å²) in [6.45, 7) is 21.8. The Kier molecular flexibility index (Phi) is 16.0. The van der Waals surface area contributed by atoms with Crippen LogP contribution in [0.2, 0.25) is 0 Å². The zero-order valence-electron chi connectivity index (χ0n) is 36.8. The van der Waals surface area contributed by atoms with Crippen molar-refractivity contribution in [2.75, 3.05) is 18.1 Å². The van der Waals surface area contributed by atoms with Crippen LogP contribution in [0.15, 0.2) is 130 Å². The lowest BCUT2D eigenvalue weighted by Gasteiger charge is -2.37. The lowest BCUT2D eigenvalue weighted by Crippen LogP contribution is -2.27. The minimum absolute atomic E-state index is 0.00477. The van der Waals surface area contributed by atoms with Crippen molar-refractivity contribution in [3.8, 4) is 18.2 Å². The van der Waals surface area contributed by atoms with Crippen molar-refractivity contribution in [3.05, 3.63) is 135 Å². The van der Waals surface area contributed by atoms with E-state index in [9.17, 15) is 30.8 Å². The van der Waals surface area contributed by atoms with Gasteiger partial charge in [-0.25, -0.2) is 0 Å². The molecule has 0 radical (unpaired) electrons. The summed E-state index contributed by atoms with van der Waals surface area (Å²) in [6.07, 6.45) is 19.9. The largest absolute Gasteiger partial charge is 0.481 e. The molecule has 316 valence electrons. The first-order valence-electron chi connectivity index (χ1n) is 21.1. The third-order valence-corrected chi connectivity index (χ3v) is 11.7. The number of ether oxygens (including phenoxy) is 2. The van der Waals surface area contributed by atoms with Crippen molar-refractivity contribution in [1.29, 1.82) is 15.8 Å². The highest BCUT2D eigenvalue weighted by molar-refractivity contribution is 5.71. The number of nitrogens with zero attached hydrogens (tertiary/aromatic N) is 4. The van der Waals surface area contributed by atoms with Gasteiger partial charge in [0.05, 0.1) is 0 Å². The Hall–Kier alpha value is -5.82. The van der Waals surface area contributed by atoms with Crippen LogP contribution in [-0.2, 0) is 19.7 Å². The molecule has 2 heterocycles. The van der Waals surface area contributed by atoms with Crippen molar-refractivity contribution < 1.29 is 24.5 Å². The summed E-state index contributed by atoms with van der Waals surface area (Å²) in [4.78, 5) is 13.6. The maximum Gasteiger partial charge on any atom is 0.303 e. The maximum atomic E-state index is 11.2. The van der Waals surface area contributed by atoms with Gasteiger partial charge >= 0.3 is 5.97 Å². The Morgan fingerprint density at radius 1 is 1.00 bits per heavy atom. The molecule has 0 fully saturated rings. The molecule has 1 aromatic carbocycles. The molecule has 0 saturated heterocycles. The third-order valence-electron chi connectivity index (χ3n) is 11.7. The number of aliphatic carboxylic acids is 1. The second kappa shape index (κ2) is 20.4. The molecule has 2 aliphatic heterocycles.